The monoisotopic (exact) mass is 389 g/mol. The predicted molar refractivity (Wildman–Crippen MR) is 116 cm³/mol. The number of guanidine groups is 1. The van der Waals surface area contributed by atoms with Crippen molar-refractivity contribution < 1.29 is 4.42 Å². The first-order valence-electron chi connectivity index (χ1n) is 11.1. The van der Waals surface area contributed by atoms with Gasteiger partial charge in [-0.2, -0.15) is 0 Å². The summed E-state index contributed by atoms with van der Waals surface area (Å²) in [5.41, 5.74) is 0. The molecular weight excluding hydrogens is 350 g/mol. The molecule has 6 nitrogen and oxygen atoms in total. The Hall–Kier alpha value is -1.53. The highest BCUT2D eigenvalue weighted by Crippen LogP contribution is 2.24. The van der Waals surface area contributed by atoms with Crippen LogP contribution in [0.4, 0.5) is 0 Å². The summed E-state index contributed by atoms with van der Waals surface area (Å²) in [5, 5.41) is 7.12. The van der Waals surface area contributed by atoms with Crippen molar-refractivity contribution in [3.63, 3.8) is 0 Å². The van der Waals surface area contributed by atoms with E-state index in [1.54, 1.807) is 6.26 Å². The molecule has 2 atom stereocenters. The van der Waals surface area contributed by atoms with Gasteiger partial charge in [0.25, 0.3) is 0 Å². The molecule has 0 spiro atoms. The molecular formula is C22H39N5O. The van der Waals surface area contributed by atoms with Crippen molar-refractivity contribution in [2.45, 2.75) is 58.0 Å². The fraction of sp³-hybridized carbons (Fsp3) is 0.773. The molecule has 6 heteroatoms. The summed E-state index contributed by atoms with van der Waals surface area (Å²) < 4.78 is 5.76. The van der Waals surface area contributed by atoms with E-state index in [1.165, 1.54) is 45.2 Å². The normalized spacial score (nSPS) is 23.7. The van der Waals surface area contributed by atoms with Gasteiger partial charge < -0.3 is 20.0 Å². The molecule has 3 rings (SSSR count). The fourth-order valence-electron chi connectivity index (χ4n) is 4.51. The zero-order chi connectivity index (χ0) is 19.8. The van der Waals surface area contributed by atoms with E-state index in [2.05, 4.69) is 45.3 Å². The average molecular weight is 390 g/mol. The molecule has 2 fully saturated rings. The maximum Gasteiger partial charge on any atom is 0.191 e. The van der Waals surface area contributed by atoms with Crippen LogP contribution in [0.5, 0.6) is 0 Å². The first-order valence-corrected chi connectivity index (χ1v) is 11.1. The fourth-order valence-corrected chi connectivity index (χ4v) is 4.51. The van der Waals surface area contributed by atoms with Gasteiger partial charge in [-0.25, -0.2) is 0 Å². The predicted octanol–water partition coefficient (Wildman–Crippen LogP) is 3.09. The Labute approximate surface area is 170 Å². The summed E-state index contributed by atoms with van der Waals surface area (Å²) in [6.45, 7) is 11.1. The van der Waals surface area contributed by atoms with Crippen LogP contribution in [0.1, 0.15) is 57.8 Å². The Morgan fingerprint density at radius 2 is 1.93 bits per heavy atom. The zero-order valence-corrected chi connectivity index (χ0v) is 18.0. The van der Waals surface area contributed by atoms with Crippen molar-refractivity contribution in [3.8, 4) is 0 Å². The van der Waals surface area contributed by atoms with Crippen LogP contribution in [-0.2, 0) is 0 Å². The van der Waals surface area contributed by atoms with Crippen LogP contribution in [0.15, 0.2) is 27.8 Å². The number of nitrogens with one attached hydrogen (secondary N) is 2. The minimum atomic E-state index is 0.264. The maximum atomic E-state index is 5.76. The van der Waals surface area contributed by atoms with Crippen LogP contribution in [0.2, 0.25) is 0 Å². The highest BCUT2D eigenvalue weighted by Gasteiger charge is 2.25. The van der Waals surface area contributed by atoms with E-state index in [0.29, 0.717) is 12.0 Å². The van der Waals surface area contributed by atoms with E-state index in [-0.39, 0.29) is 6.04 Å². The quantitative estimate of drug-likeness (QED) is 0.554. The number of hydrogen-bond acceptors (Lipinski definition) is 4. The number of aliphatic imine (C=N–C) groups is 1. The average Bonchev–Trinajstić information content (AvgIpc) is 3.26. The number of likely N-dealkylation sites (tertiary alicyclic amines) is 2. The standard InChI is InChI=1S/C22H39N5O/c1-18(2)27-13-7-9-19(17-27)15-24-22(23-3)25-16-20(21-10-8-14-28-21)26-11-5-4-6-12-26/h8,10,14,18-20H,4-7,9,11-13,15-17H2,1-3H3,(H2,23,24,25). The van der Waals surface area contributed by atoms with Crippen molar-refractivity contribution >= 4 is 5.96 Å². The van der Waals surface area contributed by atoms with Crippen LogP contribution >= 0.6 is 0 Å². The third kappa shape index (κ3) is 5.98. The molecule has 2 aliphatic rings. The molecule has 0 aromatic carbocycles. The topological polar surface area (TPSA) is 56.0 Å². The lowest BCUT2D eigenvalue weighted by Crippen LogP contribution is -2.48. The number of piperidine rings is 2. The van der Waals surface area contributed by atoms with Crippen molar-refractivity contribution in [3.05, 3.63) is 24.2 Å². The molecule has 3 heterocycles. The SMILES string of the molecule is CN=C(NCC1CCCN(C(C)C)C1)NCC(c1ccco1)N1CCCCC1. The Bertz CT molecular complexity index is 580. The van der Waals surface area contributed by atoms with Gasteiger partial charge in [0.1, 0.15) is 5.76 Å². The van der Waals surface area contributed by atoms with Crippen molar-refractivity contribution in [1.29, 1.82) is 0 Å². The first kappa shape index (κ1) is 21.2. The highest BCUT2D eigenvalue weighted by molar-refractivity contribution is 5.79. The van der Waals surface area contributed by atoms with E-state index >= 15 is 0 Å². The minimum Gasteiger partial charge on any atom is -0.468 e. The number of hydrogen-bond donors (Lipinski definition) is 2. The van der Waals surface area contributed by atoms with Gasteiger partial charge >= 0.3 is 0 Å². The maximum absolute atomic E-state index is 5.76. The van der Waals surface area contributed by atoms with Gasteiger partial charge in [-0.3, -0.25) is 9.89 Å². The van der Waals surface area contributed by atoms with Gasteiger partial charge in [-0.1, -0.05) is 6.42 Å². The molecule has 2 N–H and O–H groups in total. The molecule has 1 aromatic rings. The van der Waals surface area contributed by atoms with Gasteiger partial charge in [-0.05, 0) is 77.2 Å². The molecule has 1 aromatic heterocycles. The van der Waals surface area contributed by atoms with Crippen LogP contribution in [-0.4, -0.2) is 68.1 Å². The van der Waals surface area contributed by atoms with Crippen LogP contribution < -0.4 is 10.6 Å². The first-order chi connectivity index (χ1) is 13.7. The second-order valence-electron chi connectivity index (χ2n) is 8.56. The second kappa shape index (κ2) is 10.9. The molecule has 0 amide bonds. The van der Waals surface area contributed by atoms with Crippen molar-refractivity contribution in [1.82, 2.24) is 20.4 Å². The van der Waals surface area contributed by atoms with E-state index in [0.717, 1.165) is 37.9 Å². The Morgan fingerprint density at radius 3 is 2.61 bits per heavy atom. The molecule has 28 heavy (non-hydrogen) atoms. The van der Waals surface area contributed by atoms with Crippen LogP contribution in [0.3, 0.4) is 0 Å². The summed E-state index contributed by atoms with van der Waals surface area (Å²) in [6, 6.07) is 4.99. The van der Waals surface area contributed by atoms with E-state index in [4.69, 9.17) is 4.42 Å². The Balaban J connectivity index is 1.50. The molecule has 0 radical (unpaired) electrons. The van der Waals surface area contributed by atoms with Gasteiger partial charge in [0.15, 0.2) is 5.96 Å². The smallest absolute Gasteiger partial charge is 0.191 e. The number of nitrogens with zero attached hydrogens (tertiary/aromatic N) is 3. The van der Waals surface area contributed by atoms with E-state index < -0.39 is 0 Å². The Kier molecular flexibility index (Phi) is 8.22. The van der Waals surface area contributed by atoms with Gasteiger partial charge in [0.05, 0.1) is 12.3 Å². The number of rotatable bonds is 7. The van der Waals surface area contributed by atoms with Crippen LogP contribution in [0, 0.1) is 5.92 Å². The van der Waals surface area contributed by atoms with Gasteiger partial charge in [-0.15, -0.1) is 0 Å². The third-order valence-electron chi connectivity index (χ3n) is 6.23. The lowest BCUT2D eigenvalue weighted by Gasteiger charge is -2.36. The third-order valence-corrected chi connectivity index (χ3v) is 6.23. The highest BCUT2D eigenvalue weighted by atomic mass is 16.3. The van der Waals surface area contributed by atoms with Crippen LogP contribution in [0.25, 0.3) is 0 Å². The second-order valence-corrected chi connectivity index (χ2v) is 8.56. The van der Waals surface area contributed by atoms with Gasteiger partial charge in [0.2, 0.25) is 0 Å². The molecule has 0 bridgehead atoms. The van der Waals surface area contributed by atoms with Gasteiger partial charge in [0, 0.05) is 32.7 Å². The summed E-state index contributed by atoms with van der Waals surface area (Å²) in [5.74, 6) is 2.64. The molecule has 2 aliphatic heterocycles. The summed E-state index contributed by atoms with van der Waals surface area (Å²) >= 11 is 0. The van der Waals surface area contributed by atoms with Crippen molar-refractivity contribution in [2.75, 3.05) is 46.3 Å². The molecule has 0 saturated carbocycles. The molecule has 0 aliphatic carbocycles. The molecule has 2 unspecified atom stereocenters. The van der Waals surface area contributed by atoms with Crippen molar-refractivity contribution in [2.24, 2.45) is 10.9 Å². The Morgan fingerprint density at radius 1 is 1.14 bits per heavy atom. The lowest BCUT2D eigenvalue weighted by atomic mass is 9.97. The zero-order valence-electron chi connectivity index (χ0n) is 18.0. The number of furan rings is 1. The summed E-state index contributed by atoms with van der Waals surface area (Å²) in [7, 11) is 1.86. The largest absolute Gasteiger partial charge is 0.468 e. The van der Waals surface area contributed by atoms with E-state index in [1.807, 2.05) is 13.1 Å². The summed E-state index contributed by atoms with van der Waals surface area (Å²) in [4.78, 5) is 9.60. The minimum absolute atomic E-state index is 0.264. The summed E-state index contributed by atoms with van der Waals surface area (Å²) in [6.07, 6.45) is 8.27. The molecule has 158 valence electrons. The molecule has 2 saturated heterocycles. The van der Waals surface area contributed by atoms with E-state index in [9.17, 15) is 0 Å². The lowest BCUT2D eigenvalue weighted by molar-refractivity contribution is 0.140.